The molecule has 0 saturated carbocycles. The third-order valence-corrected chi connectivity index (χ3v) is 6.13. The minimum atomic E-state index is -0.252. The molecule has 0 unspecified atom stereocenters. The van der Waals surface area contributed by atoms with Crippen molar-refractivity contribution in [3.05, 3.63) is 88.0 Å². The number of aryl methyl sites for hydroxylation is 2. The molecule has 3 aromatic heterocycles. The summed E-state index contributed by atoms with van der Waals surface area (Å²) in [6.45, 7) is 4.19. The molecule has 0 atom stereocenters. The number of rotatable bonds is 5. The average molecular weight is 444 g/mol. The summed E-state index contributed by atoms with van der Waals surface area (Å²) in [5, 5.41) is 3.49. The molecule has 2 aromatic carbocycles. The molecule has 0 radical (unpaired) electrons. The van der Waals surface area contributed by atoms with E-state index in [1.807, 2.05) is 24.4 Å². The van der Waals surface area contributed by atoms with E-state index in [9.17, 15) is 4.79 Å². The van der Waals surface area contributed by atoms with Crippen molar-refractivity contribution in [2.45, 2.75) is 24.8 Å². The van der Waals surface area contributed by atoms with Gasteiger partial charge in [0.15, 0.2) is 5.16 Å². The summed E-state index contributed by atoms with van der Waals surface area (Å²) in [7, 11) is 0. The van der Waals surface area contributed by atoms with Crippen LogP contribution in [0.2, 0.25) is 0 Å². The van der Waals surface area contributed by atoms with Gasteiger partial charge in [-0.15, -0.1) is 0 Å². The molecule has 5 rings (SSSR count). The molecule has 0 fully saturated rings. The summed E-state index contributed by atoms with van der Waals surface area (Å²) in [5.41, 5.74) is 11.5. The number of benzene rings is 2. The summed E-state index contributed by atoms with van der Waals surface area (Å²) in [5.74, 6) is 0.875. The maximum absolute atomic E-state index is 12.3. The number of H-pyrrole nitrogens is 1. The number of imidazole rings is 1. The number of hydrogen-bond donors (Lipinski definition) is 2. The maximum Gasteiger partial charge on any atom is 0.274 e. The molecule has 0 saturated heterocycles. The zero-order chi connectivity index (χ0) is 22.2. The first-order valence-electron chi connectivity index (χ1n) is 10.1. The predicted molar refractivity (Wildman–Crippen MR) is 126 cm³/mol. The Labute approximate surface area is 188 Å². The van der Waals surface area contributed by atoms with Crippen LogP contribution in [0.4, 0.5) is 5.95 Å². The number of fused-ring (bicyclic) bond motifs is 1. The number of nitrogens with one attached hydrogen (secondary N) is 1. The zero-order valence-corrected chi connectivity index (χ0v) is 18.4. The highest BCUT2D eigenvalue weighted by Crippen LogP contribution is 2.32. The van der Waals surface area contributed by atoms with Crippen molar-refractivity contribution in [1.82, 2.24) is 29.1 Å². The minimum Gasteiger partial charge on any atom is -0.368 e. The Morgan fingerprint density at radius 1 is 1.06 bits per heavy atom. The van der Waals surface area contributed by atoms with Crippen molar-refractivity contribution in [3.63, 3.8) is 0 Å². The number of hydrogen-bond acceptors (Lipinski definition) is 6. The summed E-state index contributed by atoms with van der Waals surface area (Å²) in [6, 6.07) is 18.0. The van der Waals surface area contributed by atoms with Gasteiger partial charge in [0.2, 0.25) is 5.95 Å². The molecular weight excluding hydrogens is 422 g/mol. The van der Waals surface area contributed by atoms with Gasteiger partial charge in [-0.2, -0.15) is 9.50 Å². The number of aromatic nitrogens is 6. The van der Waals surface area contributed by atoms with Gasteiger partial charge in [0, 0.05) is 17.4 Å². The van der Waals surface area contributed by atoms with Crippen LogP contribution in [-0.4, -0.2) is 29.1 Å². The van der Waals surface area contributed by atoms with Crippen molar-refractivity contribution >= 4 is 23.5 Å². The Hall–Kier alpha value is -3.85. The first-order valence-corrected chi connectivity index (χ1v) is 11.1. The lowest BCUT2D eigenvalue weighted by Gasteiger charge is -2.15. The monoisotopic (exact) mass is 443 g/mol. The van der Waals surface area contributed by atoms with Crippen LogP contribution in [0.5, 0.6) is 0 Å². The summed E-state index contributed by atoms with van der Waals surface area (Å²) in [6.07, 6.45) is 1.89. The number of aromatic amines is 1. The lowest BCUT2D eigenvalue weighted by Crippen LogP contribution is -2.15. The predicted octanol–water partition coefficient (Wildman–Crippen LogP) is 3.76. The highest BCUT2D eigenvalue weighted by atomic mass is 32.2. The SMILES string of the molecule is Cc1ccc(-n2c(-c3ccccc3)cnc2SCc2cc(=O)n3[nH]c(N)nc3n2)c(C)c1. The fraction of sp³-hybridized carbons (Fsp3) is 0.130. The number of anilines is 1. The highest BCUT2D eigenvalue weighted by molar-refractivity contribution is 7.98. The van der Waals surface area contributed by atoms with Crippen molar-refractivity contribution in [2.75, 3.05) is 5.73 Å². The van der Waals surface area contributed by atoms with Gasteiger partial charge in [0.05, 0.1) is 23.3 Å². The second kappa shape index (κ2) is 8.01. The van der Waals surface area contributed by atoms with Gasteiger partial charge in [0.25, 0.3) is 11.3 Å². The van der Waals surface area contributed by atoms with Crippen LogP contribution >= 0.6 is 11.8 Å². The molecule has 0 bridgehead atoms. The molecule has 3 heterocycles. The second-order valence-corrected chi connectivity index (χ2v) is 8.48. The van der Waals surface area contributed by atoms with E-state index in [2.05, 4.69) is 63.8 Å². The number of nitrogen functional groups attached to an aromatic ring is 1. The van der Waals surface area contributed by atoms with E-state index >= 15 is 0 Å². The zero-order valence-electron chi connectivity index (χ0n) is 17.6. The molecule has 5 aromatic rings. The summed E-state index contributed by atoms with van der Waals surface area (Å²) < 4.78 is 3.39. The normalized spacial score (nSPS) is 11.3. The molecule has 0 aliphatic carbocycles. The fourth-order valence-corrected chi connectivity index (χ4v) is 4.57. The molecule has 0 aliphatic heterocycles. The Morgan fingerprint density at radius 2 is 1.88 bits per heavy atom. The molecule has 3 N–H and O–H groups in total. The molecule has 9 heteroatoms. The maximum atomic E-state index is 12.3. The van der Waals surface area contributed by atoms with Crippen molar-refractivity contribution in [1.29, 1.82) is 0 Å². The van der Waals surface area contributed by atoms with Crippen LogP contribution in [0.1, 0.15) is 16.8 Å². The first kappa shape index (κ1) is 20.1. The minimum absolute atomic E-state index is 0.150. The van der Waals surface area contributed by atoms with E-state index in [4.69, 9.17) is 10.7 Å². The molecule has 0 amide bonds. The Balaban J connectivity index is 1.55. The third kappa shape index (κ3) is 3.67. The number of nitrogens with two attached hydrogens (primary N) is 1. The summed E-state index contributed by atoms with van der Waals surface area (Å²) in [4.78, 5) is 25.6. The van der Waals surface area contributed by atoms with Crippen molar-refractivity contribution in [3.8, 4) is 16.9 Å². The molecular formula is C23H21N7OS. The highest BCUT2D eigenvalue weighted by Gasteiger charge is 2.17. The van der Waals surface area contributed by atoms with Gasteiger partial charge in [-0.3, -0.25) is 14.5 Å². The molecule has 0 aliphatic rings. The van der Waals surface area contributed by atoms with E-state index < -0.39 is 0 Å². The van der Waals surface area contributed by atoms with Gasteiger partial charge < -0.3 is 5.73 Å². The lowest BCUT2D eigenvalue weighted by molar-refractivity contribution is 0.882. The summed E-state index contributed by atoms with van der Waals surface area (Å²) >= 11 is 1.52. The standard InChI is InChI=1S/C23H21N7OS/c1-14-8-9-18(15(2)10-14)29-19(16-6-4-3-5-7-16)12-25-23(29)32-13-17-11-20(31)30-22(26-17)27-21(24)28-30/h3-12H,13H2,1-2H3,(H3,24,26,27,28). The Bertz CT molecular complexity index is 1480. The van der Waals surface area contributed by atoms with Crippen LogP contribution in [-0.2, 0) is 5.75 Å². The topological polar surface area (TPSA) is 107 Å². The van der Waals surface area contributed by atoms with E-state index in [1.165, 1.54) is 27.9 Å². The Morgan fingerprint density at radius 3 is 2.66 bits per heavy atom. The largest absolute Gasteiger partial charge is 0.368 e. The smallest absolute Gasteiger partial charge is 0.274 e. The molecule has 32 heavy (non-hydrogen) atoms. The van der Waals surface area contributed by atoms with Crippen LogP contribution in [0, 0.1) is 13.8 Å². The average Bonchev–Trinajstić information content (AvgIpc) is 3.36. The van der Waals surface area contributed by atoms with Crippen LogP contribution in [0.25, 0.3) is 22.7 Å². The quantitative estimate of drug-likeness (QED) is 0.401. The Kier molecular flexibility index (Phi) is 5.02. The van der Waals surface area contributed by atoms with Gasteiger partial charge in [-0.1, -0.05) is 59.8 Å². The van der Waals surface area contributed by atoms with E-state index in [0.29, 0.717) is 11.4 Å². The van der Waals surface area contributed by atoms with Gasteiger partial charge in [-0.05, 0) is 25.5 Å². The van der Waals surface area contributed by atoms with Crippen LogP contribution in [0.15, 0.2) is 70.7 Å². The first-order chi connectivity index (χ1) is 15.5. The van der Waals surface area contributed by atoms with Gasteiger partial charge >= 0.3 is 0 Å². The van der Waals surface area contributed by atoms with Crippen molar-refractivity contribution in [2.24, 2.45) is 0 Å². The third-order valence-electron chi connectivity index (χ3n) is 5.14. The molecule has 0 spiro atoms. The fourth-order valence-electron chi connectivity index (χ4n) is 3.69. The van der Waals surface area contributed by atoms with Crippen LogP contribution < -0.4 is 11.3 Å². The van der Waals surface area contributed by atoms with Gasteiger partial charge in [0.1, 0.15) is 0 Å². The van der Waals surface area contributed by atoms with E-state index in [-0.39, 0.29) is 17.3 Å². The van der Waals surface area contributed by atoms with E-state index in [1.54, 1.807) is 0 Å². The van der Waals surface area contributed by atoms with Gasteiger partial charge in [-0.25, -0.2) is 9.97 Å². The molecule has 8 nitrogen and oxygen atoms in total. The number of thioether (sulfide) groups is 1. The van der Waals surface area contributed by atoms with Crippen LogP contribution in [0.3, 0.4) is 0 Å². The molecule has 160 valence electrons. The van der Waals surface area contributed by atoms with Crippen molar-refractivity contribution < 1.29 is 0 Å². The second-order valence-electron chi connectivity index (χ2n) is 7.54. The number of nitrogens with zero attached hydrogens (tertiary/aromatic N) is 5. The van der Waals surface area contributed by atoms with E-state index in [0.717, 1.165) is 27.7 Å². The lowest BCUT2D eigenvalue weighted by atomic mass is 10.1.